The Morgan fingerprint density at radius 1 is 1.54 bits per heavy atom. The number of thiophene rings is 1. The van der Waals surface area contributed by atoms with E-state index in [1.54, 1.807) is 18.3 Å². The van der Waals surface area contributed by atoms with Crippen LogP contribution in [0, 0.1) is 0 Å². The zero-order chi connectivity index (χ0) is 10.0. The minimum atomic E-state index is 0.187. The first-order valence-electron chi connectivity index (χ1n) is 4.69. The molecule has 1 aromatic rings. The first-order valence-corrected chi connectivity index (χ1v) is 5.51. The summed E-state index contributed by atoms with van der Waals surface area (Å²) in [6, 6.07) is 2.05. The predicted molar refractivity (Wildman–Crippen MR) is 57.8 cm³/mol. The van der Waals surface area contributed by atoms with Gasteiger partial charge in [-0.3, -0.25) is 4.79 Å². The number of Topliss-reactive ketones (excluding diaryl/α,β-unsaturated/α-hetero) is 1. The quantitative estimate of drug-likeness (QED) is 0.675. The molecule has 0 amide bonds. The summed E-state index contributed by atoms with van der Waals surface area (Å²) >= 11 is 1.65. The summed E-state index contributed by atoms with van der Waals surface area (Å²) < 4.78 is 0. The van der Waals surface area contributed by atoms with E-state index in [1.807, 2.05) is 0 Å². The molecule has 0 aromatic carbocycles. The second-order valence-electron chi connectivity index (χ2n) is 3.55. The predicted octanol–water partition coefficient (Wildman–Crippen LogP) is 3.64. The third-order valence-corrected chi connectivity index (χ3v) is 3.53. The average molecular weight is 196 g/mol. The van der Waals surface area contributed by atoms with Crippen LogP contribution in [0.25, 0.3) is 0 Å². The van der Waals surface area contributed by atoms with E-state index < -0.39 is 0 Å². The summed E-state index contributed by atoms with van der Waals surface area (Å²) in [5.74, 6) is 0.714. The number of ketones is 1. The maximum atomic E-state index is 11.2. The van der Waals surface area contributed by atoms with Gasteiger partial charge in [-0.15, -0.1) is 11.3 Å². The number of carbonyl (C=O) groups is 1. The molecule has 0 aliphatic rings. The van der Waals surface area contributed by atoms with Gasteiger partial charge in [-0.05, 0) is 30.9 Å². The first-order chi connectivity index (χ1) is 6.06. The van der Waals surface area contributed by atoms with Crippen LogP contribution >= 0.6 is 11.3 Å². The summed E-state index contributed by atoms with van der Waals surface area (Å²) in [6.45, 7) is 8.12. The lowest BCUT2D eigenvalue weighted by atomic mass is 10.0. The van der Waals surface area contributed by atoms with Crippen molar-refractivity contribution >= 4 is 17.1 Å². The lowest BCUT2D eigenvalue weighted by Gasteiger charge is -2.03. The molecule has 0 saturated heterocycles. The van der Waals surface area contributed by atoms with Gasteiger partial charge in [0.15, 0.2) is 5.78 Å². The second kappa shape index (κ2) is 4.05. The van der Waals surface area contributed by atoms with Crippen LogP contribution in [-0.4, -0.2) is 5.78 Å². The Kier molecular flexibility index (Phi) is 3.26. The summed E-state index contributed by atoms with van der Waals surface area (Å²) in [4.78, 5) is 13.4. The van der Waals surface area contributed by atoms with Crippen LogP contribution in [0.4, 0.5) is 0 Å². The summed E-state index contributed by atoms with van der Waals surface area (Å²) in [5.41, 5.74) is 1.35. The maximum Gasteiger partial charge on any atom is 0.169 e. The molecule has 1 heterocycles. The molecular formula is C11H16OS. The van der Waals surface area contributed by atoms with Crippen molar-refractivity contribution < 1.29 is 4.79 Å². The molecule has 0 saturated carbocycles. The smallest absolute Gasteiger partial charge is 0.169 e. The standard InChI is InChI=1S/C11H16OS/c1-5-10-9(7(2)3)6-11(13-10)8(4)12/h6-7H,5H2,1-4H3. The molecule has 13 heavy (non-hydrogen) atoms. The van der Waals surface area contributed by atoms with Crippen LogP contribution in [0.5, 0.6) is 0 Å². The van der Waals surface area contributed by atoms with E-state index in [1.165, 1.54) is 10.4 Å². The zero-order valence-electron chi connectivity index (χ0n) is 8.68. The number of hydrogen-bond donors (Lipinski definition) is 0. The lowest BCUT2D eigenvalue weighted by molar-refractivity contribution is 0.102. The van der Waals surface area contributed by atoms with Gasteiger partial charge in [0.25, 0.3) is 0 Å². The molecule has 0 aliphatic carbocycles. The fraction of sp³-hybridized carbons (Fsp3) is 0.545. The van der Waals surface area contributed by atoms with Crippen LogP contribution in [-0.2, 0) is 6.42 Å². The van der Waals surface area contributed by atoms with E-state index in [9.17, 15) is 4.79 Å². The summed E-state index contributed by atoms with van der Waals surface area (Å²) in [7, 11) is 0. The molecule has 0 radical (unpaired) electrons. The molecule has 1 aromatic heterocycles. The van der Waals surface area contributed by atoms with Gasteiger partial charge in [0, 0.05) is 4.88 Å². The van der Waals surface area contributed by atoms with Gasteiger partial charge in [0.1, 0.15) is 0 Å². The van der Waals surface area contributed by atoms with Crippen molar-refractivity contribution in [2.75, 3.05) is 0 Å². The maximum absolute atomic E-state index is 11.2. The molecule has 0 atom stereocenters. The van der Waals surface area contributed by atoms with E-state index in [0.29, 0.717) is 5.92 Å². The van der Waals surface area contributed by atoms with Crippen LogP contribution < -0.4 is 0 Å². The molecular weight excluding hydrogens is 180 g/mol. The fourth-order valence-electron chi connectivity index (χ4n) is 1.38. The molecule has 2 heteroatoms. The highest BCUT2D eigenvalue weighted by Gasteiger charge is 2.12. The Hall–Kier alpha value is -0.630. The van der Waals surface area contributed by atoms with E-state index in [0.717, 1.165) is 11.3 Å². The van der Waals surface area contributed by atoms with Gasteiger partial charge >= 0.3 is 0 Å². The van der Waals surface area contributed by atoms with Gasteiger partial charge in [-0.25, -0.2) is 0 Å². The zero-order valence-corrected chi connectivity index (χ0v) is 9.49. The van der Waals surface area contributed by atoms with Gasteiger partial charge in [0.05, 0.1) is 4.88 Å². The number of rotatable bonds is 3. The highest BCUT2D eigenvalue weighted by Crippen LogP contribution is 2.29. The van der Waals surface area contributed by atoms with Crippen LogP contribution in [0.3, 0.4) is 0 Å². The van der Waals surface area contributed by atoms with Crippen molar-refractivity contribution in [3.05, 3.63) is 21.4 Å². The highest BCUT2D eigenvalue weighted by atomic mass is 32.1. The molecule has 1 rings (SSSR count). The van der Waals surface area contributed by atoms with E-state index >= 15 is 0 Å². The average Bonchev–Trinajstić information content (AvgIpc) is 2.47. The van der Waals surface area contributed by atoms with E-state index in [-0.39, 0.29) is 5.78 Å². The monoisotopic (exact) mass is 196 g/mol. The SMILES string of the molecule is CCc1sc(C(C)=O)cc1C(C)C. The third-order valence-electron chi connectivity index (χ3n) is 2.13. The molecule has 0 bridgehead atoms. The first kappa shape index (κ1) is 10.5. The topological polar surface area (TPSA) is 17.1 Å². The Bertz CT molecular complexity index is 310. The van der Waals surface area contributed by atoms with Crippen molar-refractivity contribution in [1.29, 1.82) is 0 Å². The summed E-state index contributed by atoms with van der Waals surface area (Å²) in [6.07, 6.45) is 1.03. The molecule has 0 N–H and O–H groups in total. The van der Waals surface area contributed by atoms with Crippen molar-refractivity contribution in [3.8, 4) is 0 Å². The molecule has 0 spiro atoms. The fourth-order valence-corrected chi connectivity index (χ4v) is 2.53. The lowest BCUT2D eigenvalue weighted by Crippen LogP contribution is -1.89. The van der Waals surface area contributed by atoms with Gasteiger partial charge < -0.3 is 0 Å². The minimum absolute atomic E-state index is 0.187. The molecule has 1 nitrogen and oxygen atoms in total. The largest absolute Gasteiger partial charge is 0.294 e. The number of hydrogen-bond acceptors (Lipinski definition) is 2. The number of carbonyl (C=O) groups excluding carboxylic acids is 1. The van der Waals surface area contributed by atoms with Crippen molar-refractivity contribution in [2.45, 2.75) is 40.0 Å². The van der Waals surface area contributed by atoms with E-state index in [4.69, 9.17) is 0 Å². The van der Waals surface area contributed by atoms with E-state index in [2.05, 4.69) is 26.8 Å². The highest BCUT2D eigenvalue weighted by molar-refractivity contribution is 7.14. The van der Waals surface area contributed by atoms with Crippen LogP contribution in [0.1, 0.15) is 53.7 Å². The Morgan fingerprint density at radius 2 is 2.15 bits per heavy atom. The van der Waals surface area contributed by atoms with Crippen molar-refractivity contribution in [2.24, 2.45) is 0 Å². The van der Waals surface area contributed by atoms with Crippen LogP contribution in [0.15, 0.2) is 6.07 Å². The van der Waals surface area contributed by atoms with Gasteiger partial charge in [0.2, 0.25) is 0 Å². The van der Waals surface area contributed by atoms with Gasteiger partial charge in [-0.2, -0.15) is 0 Å². The van der Waals surface area contributed by atoms with Crippen molar-refractivity contribution in [3.63, 3.8) is 0 Å². The third kappa shape index (κ3) is 2.19. The second-order valence-corrected chi connectivity index (χ2v) is 4.69. The van der Waals surface area contributed by atoms with Gasteiger partial charge in [-0.1, -0.05) is 20.8 Å². The molecule has 0 unspecified atom stereocenters. The molecule has 72 valence electrons. The number of aryl methyl sites for hydroxylation is 1. The van der Waals surface area contributed by atoms with Crippen molar-refractivity contribution in [1.82, 2.24) is 0 Å². The Labute approximate surface area is 83.8 Å². The molecule has 0 aliphatic heterocycles. The van der Waals surface area contributed by atoms with Crippen LogP contribution in [0.2, 0.25) is 0 Å². The summed E-state index contributed by atoms with van der Waals surface area (Å²) in [5, 5.41) is 0. The normalized spacial score (nSPS) is 10.8. The Balaban J connectivity index is 3.11. The Morgan fingerprint density at radius 3 is 2.46 bits per heavy atom. The minimum Gasteiger partial charge on any atom is -0.294 e. The molecule has 0 fully saturated rings.